The summed E-state index contributed by atoms with van der Waals surface area (Å²) in [6.45, 7) is 1.77. The molecule has 0 saturated heterocycles. The summed E-state index contributed by atoms with van der Waals surface area (Å²) in [6, 6.07) is 11.7. The Kier molecular flexibility index (Phi) is 6.84. The van der Waals surface area contributed by atoms with E-state index >= 15 is 0 Å². The number of amides is 1. The molecule has 0 aliphatic carbocycles. The Hall–Kier alpha value is -2.19. The van der Waals surface area contributed by atoms with Gasteiger partial charge in [0.25, 0.3) is 0 Å². The number of nitrogens with zero attached hydrogens (tertiary/aromatic N) is 3. The van der Waals surface area contributed by atoms with Crippen LogP contribution in [0.3, 0.4) is 0 Å². The van der Waals surface area contributed by atoms with Crippen LogP contribution in [0.5, 0.6) is 0 Å². The van der Waals surface area contributed by atoms with E-state index in [1.165, 1.54) is 0 Å². The van der Waals surface area contributed by atoms with E-state index in [2.05, 4.69) is 16.0 Å². The zero-order valence-corrected chi connectivity index (χ0v) is 19.0. The quantitative estimate of drug-likeness (QED) is 0.352. The number of thiazole rings is 1. The van der Waals surface area contributed by atoms with Crippen molar-refractivity contribution in [2.45, 2.75) is 12.8 Å². The van der Waals surface area contributed by atoms with Crippen molar-refractivity contribution in [3.05, 3.63) is 68.9 Å². The highest BCUT2D eigenvalue weighted by atomic mass is 35.5. The number of aromatic nitrogens is 2. The van der Waals surface area contributed by atoms with E-state index in [1.54, 1.807) is 29.8 Å². The molecule has 4 rings (SSSR count). The van der Waals surface area contributed by atoms with Gasteiger partial charge in [-0.2, -0.15) is 0 Å². The lowest BCUT2D eigenvalue weighted by Gasteiger charge is -2.22. The third kappa shape index (κ3) is 4.92. The predicted octanol–water partition coefficient (Wildman–Crippen LogP) is 5.04. The number of hydrogen-bond acceptors (Lipinski definition) is 5. The highest BCUT2D eigenvalue weighted by Crippen LogP contribution is 2.25. The van der Waals surface area contributed by atoms with Crippen molar-refractivity contribution in [1.82, 2.24) is 14.3 Å². The fraction of sp³-hybridized carbons (Fsp3) is 0.273. The van der Waals surface area contributed by atoms with Crippen LogP contribution in [0, 0.1) is 0 Å². The molecule has 5 nitrogen and oxygen atoms in total. The summed E-state index contributed by atoms with van der Waals surface area (Å²) in [7, 11) is 1.66. The summed E-state index contributed by atoms with van der Waals surface area (Å²) >= 11 is 9.22. The highest BCUT2D eigenvalue weighted by Gasteiger charge is 2.16. The summed E-state index contributed by atoms with van der Waals surface area (Å²) in [5.41, 5.74) is 3.10. The van der Waals surface area contributed by atoms with E-state index in [0.29, 0.717) is 31.1 Å². The SMILES string of the molecule is COCCN(CCc1csc2nc(-c3ccc(Cl)cc3)cn12)C(=O)Cc1cccs1. The second-order valence-electron chi connectivity index (χ2n) is 6.89. The molecule has 0 aliphatic heterocycles. The molecule has 0 bridgehead atoms. The molecule has 0 saturated carbocycles. The lowest BCUT2D eigenvalue weighted by Crippen LogP contribution is -2.36. The number of thiophene rings is 1. The number of ether oxygens (including phenoxy) is 1. The van der Waals surface area contributed by atoms with Gasteiger partial charge in [0, 0.05) is 59.4 Å². The summed E-state index contributed by atoms with van der Waals surface area (Å²) in [6.07, 6.45) is 3.25. The van der Waals surface area contributed by atoms with E-state index in [-0.39, 0.29) is 5.91 Å². The molecule has 0 atom stereocenters. The molecule has 8 heteroatoms. The van der Waals surface area contributed by atoms with Crippen molar-refractivity contribution in [2.75, 3.05) is 26.8 Å². The van der Waals surface area contributed by atoms with Crippen LogP contribution in [-0.4, -0.2) is 47.0 Å². The van der Waals surface area contributed by atoms with Crippen LogP contribution in [0.25, 0.3) is 16.2 Å². The molecule has 0 spiro atoms. The zero-order valence-electron chi connectivity index (χ0n) is 16.6. The van der Waals surface area contributed by atoms with Gasteiger partial charge in [-0.1, -0.05) is 29.8 Å². The number of hydrogen-bond donors (Lipinski definition) is 0. The smallest absolute Gasteiger partial charge is 0.227 e. The van der Waals surface area contributed by atoms with Gasteiger partial charge in [-0.3, -0.25) is 9.20 Å². The first-order chi connectivity index (χ1) is 14.6. The second kappa shape index (κ2) is 9.75. The number of fused-ring (bicyclic) bond motifs is 1. The third-order valence-electron chi connectivity index (χ3n) is 4.88. The third-order valence-corrected chi connectivity index (χ3v) is 6.90. The molecule has 0 radical (unpaired) electrons. The number of carbonyl (C=O) groups is 1. The maximum atomic E-state index is 12.8. The van der Waals surface area contributed by atoms with Gasteiger partial charge in [0.05, 0.1) is 18.7 Å². The highest BCUT2D eigenvalue weighted by molar-refractivity contribution is 7.15. The fourth-order valence-electron chi connectivity index (χ4n) is 3.26. The first-order valence-electron chi connectivity index (χ1n) is 9.64. The Morgan fingerprint density at radius 1 is 1.20 bits per heavy atom. The minimum Gasteiger partial charge on any atom is -0.383 e. The standard InChI is InChI=1S/C22H22ClN3O2S2/c1-28-11-10-25(21(27)13-19-3-2-12-29-19)9-8-18-15-30-22-24-20(14-26(18)22)16-4-6-17(23)7-5-16/h2-7,12,14-15H,8-11,13H2,1H3. The molecule has 0 unspecified atom stereocenters. The maximum Gasteiger partial charge on any atom is 0.227 e. The topological polar surface area (TPSA) is 46.8 Å². The van der Waals surface area contributed by atoms with Gasteiger partial charge >= 0.3 is 0 Å². The van der Waals surface area contributed by atoms with Gasteiger partial charge < -0.3 is 9.64 Å². The van der Waals surface area contributed by atoms with Gasteiger partial charge in [0.2, 0.25) is 5.91 Å². The number of rotatable bonds is 9. The Bertz CT molecular complexity index is 1100. The van der Waals surface area contributed by atoms with Crippen LogP contribution in [0.1, 0.15) is 10.6 Å². The molecule has 3 aromatic heterocycles. The van der Waals surface area contributed by atoms with Crippen molar-refractivity contribution in [3.63, 3.8) is 0 Å². The Labute approximate surface area is 188 Å². The lowest BCUT2D eigenvalue weighted by molar-refractivity contribution is -0.131. The first kappa shape index (κ1) is 21.1. The molecular formula is C22H22ClN3O2S2. The second-order valence-corrected chi connectivity index (χ2v) is 9.20. The molecule has 0 fully saturated rings. The van der Waals surface area contributed by atoms with Crippen LogP contribution in [0.2, 0.25) is 5.02 Å². The zero-order chi connectivity index (χ0) is 20.9. The maximum absolute atomic E-state index is 12.8. The fourth-order valence-corrected chi connectivity index (χ4v) is 4.98. The van der Waals surface area contributed by atoms with E-state index in [0.717, 1.165) is 33.2 Å². The summed E-state index contributed by atoms with van der Waals surface area (Å²) in [5, 5.41) is 4.83. The lowest BCUT2D eigenvalue weighted by atomic mass is 10.2. The Morgan fingerprint density at radius 3 is 2.77 bits per heavy atom. The molecule has 30 heavy (non-hydrogen) atoms. The van der Waals surface area contributed by atoms with E-state index in [9.17, 15) is 4.79 Å². The van der Waals surface area contributed by atoms with E-state index in [1.807, 2.05) is 46.7 Å². The van der Waals surface area contributed by atoms with Crippen molar-refractivity contribution in [1.29, 1.82) is 0 Å². The van der Waals surface area contributed by atoms with Gasteiger partial charge in [-0.05, 0) is 23.6 Å². The molecule has 0 aliphatic rings. The molecule has 4 aromatic rings. The van der Waals surface area contributed by atoms with Gasteiger partial charge in [0.15, 0.2) is 4.96 Å². The number of imidazole rings is 1. The molecule has 3 heterocycles. The predicted molar refractivity (Wildman–Crippen MR) is 124 cm³/mol. The first-order valence-corrected chi connectivity index (χ1v) is 11.8. The number of methoxy groups -OCH3 is 1. The van der Waals surface area contributed by atoms with Crippen molar-refractivity contribution in [2.24, 2.45) is 0 Å². The minimum atomic E-state index is 0.133. The van der Waals surface area contributed by atoms with Gasteiger partial charge in [-0.25, -0.2) is 4.98 Å². The number of carbonyl (C=O) groups excluding carboxylic acids is 1. The monoisotopic (exact) mass is 459 g/mol. The Balaban J connectivity index is 1.47. The molecule has 1 aromatic carbocycles. The van der Waals surface area contributed by atoms with Crippen LogP contribution in [0.4, 0.5) is 0 Å². The van der Waals surface area contributed by atoms with Crippen LogP contribution >= 0.6 is 34.3 Å². The number of benzene rings is 1. The van der Waals surface area contributed by atoms with Crippen LogP contribution in [0.15, 0.2) is 53.4 Å². The van der Waals surface area contributed by atoms with Crippen LogP contribution in [-0.2, 0) is 22.4 Å². The minimum absolute atomic E-state index is 0.133. The number of halogens is 1. The van der Waals surface area contributed by atoms with Crippen molar-refractivity contribution < 1.29 is 9.53 Å². The Morgan fingerprint density at radius 2 is 2.03 bits per heavy atom. The van der Waals surface area contributed by atoms with E-state index in [4.69, 9.17) is 21.3 Å². The molecule has 1 amide bonds. The molecular weight excluding hydrogens is 438 g/mol. The largest absolute Gasteiger partial charge is 0.383 e. The van der Waals surface area contributed by atoms with E-state index < -0.39 is 0 Å². The molecule has 0 N–H and O–H groups in total. The van der Waals surface area contributed by atoms with Gasteiger partial charge in [0.1, 0.15) is 0 Å². The van der Waals surface area contributed by atoms with Gasteiger partial charge in [-0.15, -0.1) is 22.7 Å². The normalized spacial score (nSPS) is 11.3. The average molecular weight is 460 g/mol. The summed E-state index contributed by atoms with van der Waals surface area (Å²) < 4.78 is 7.33. The average Bonchev–Trinajstić information content (AvgIpc) is 3.47. The van der Waals surface area contributed by atoms with Crippen molar-refractivity contribution >= 4 is 45.1 Å². The summed E-state index contributed by atoms with van der Waals surface area (Å²) in [4.78, 5) is 21.5. The summed E-state index contributed by atoms with van der Waals surface area (Å²) in [5.74, 6) is 0.133. The molecule has 156 valence electrons. The van der Waals surface area contributed by atoms with Crippen molar-refractivity contribution in [3.8, 4) is 11.3 Å². The van der Waals surface area contributed by atoms with Crippen LogP contribution < -0.4 is 0 Å².